The van der Waals surface area contributed by atoms with Crippen LogP contribution in [0.4, 0.5) is 5.69 Å². The Morgan fingerprint density at radius 2 is 1.94 bits per heavy atom. The molecule has 3 aromatic rings. The van der Waals surface area contributed by atoms with E-state index in [2.05, 4.69) is 5.32 Å². The molecular formula is C24H23N3O4. The molecule has 3 rings (SSSR count). The molecule has 0 spiro atoms. The summed E-state index contributed by atoms with van der Waals surface area (Å²) in [4.78, 5) is 24.6. The van der Waals surface area contributed by atoms with Gasteiger partial charge in [-0.15, -0.1) is 0 Å². The van der Waals surface area contributed by atoms with Crippen LogP contribution in [0.2, 0.25) is 0 Å². The summed E-state index contributed by atoms with van der Waals surface area (Å²) in [6.07, 6.45) is 3.26. The smallest absolute Gasteiger partial charge is 0.325 e. The summed E-state index contributed by atoms with van der Waals surface area (Å²) in [5.41, 5.74) is 1.95. The first-order valence-electron chi connectivity index (χ1n) is 9.95. The molecule has 0 aliphatic carbocycles. The van der Waals surface area contributed by atoms with Crippen LogP contribution in [0.5, 0.6) is 5.75 Å². The van der Waals surface area contributed by atoms with E-state index >= 15 is 0 Å². The molecule has 0 radical (unpaired) electrons. The number of aromatic nitrogens is 1. The number of nitriles is 1. The molecule has 0 fully saturated rings. The zero-order valence-electron chi connectivity index (χ0n) is 17.4. The third-order valence-electron chi connectivity index (χ3n) is 4.49. The molecule has 0 atom stereocenters. The van der Waals surface area contributed by atoms with Gasteiger partial charge in [-0.1, -0.05) is 24.3 Å². The van der Waals surface area contributed by atoms with Gasteiger partial charge in [0.05, 0.1) is 13.2 Å². The first-order valence-corrected chi connectivity index (χ1v) is 9.95. The van der Waals surface area contributed by atoms with Crippen LogP contribution >= 0.6 is 0 Å². The quantitative estimate of drug-likeness (QED) is 0.338. The van der Waals surface area contributed by atoms with Gasteiger partial charge in [0, 0.05) is 34.4 Å². The van der Waals surface area contributed by atoms with E-state index in [9.17, 15) is 14.9 Å². The first-order chi connectivity index (χ1) is 15.0. The molecule has 2 aromatic carbocycles. The minimum Gasteiger partial charge on any atom is -0.494 e. The minimum absolute atomic E-state index is 0.0422. The topological polar surface area (TPSA) is 93.4 Å². The Morgan fingerprint density at radius 3 is 2.68 bits per heavy atom. The first kappa shape index (κ1) is 21.7. The second-order valence-electron chi connectivity index (χ2n) is 6.62. The van der Waals surface area contributed by atoms with Crippen molar-refractivity contribution in [3.63, 3.8) is 0 Å². The zero-order chi connectivity index (χ0) is 22.2. The number of hydrogen-bond donors (Lipinski definition) is 1. The monoisotopic (exact) mass is 417 g/mol. The van der Waals surface area contributed by atoms with Crippen molar-refractivity contribution in [3.05, 3.63) is 65.9 Å². The van der Waals surface area contributed by atoms with E-state index in [1.54, 1.807) is 42.0 Å². The summed E-state index contributed by atoms with van der Waals surface area (Å²) in [6.45, 7) is 4.48. The number of carbonyl (C=O) groups excluding carboxylic acids is 2. The summed E-state index contributed by atoms with van der Waals surface area (Å²) >= 11 is 0. The van der Waals surface area contributed by atoms with Crippen molar-refractivity contribution in [2.24, 2.45) is 0 Å². The summed E-state index contributed by atoms with van der Waals surface area (Å²) < 4.78 is 12.2. The van der Waals surface area contributed by atoms with Gasteiger partial charge in [-0.2, -0.15) is 5.26 Å². The number of anilines is 1. The van der Waals surface area contributed by atoms with Crippen molar-refractivity contribution in [1.29, 1.82) is 5.26 Å². The van der Waals surface area contributed by atoms with Crippen molar-refractivity contribution in [2.75, 3.05) is 18.5 Å². The van der Waals surface area contributed by atoms with Crippen molar-refractivity contribution < 1.29 is 19.1 Å². The number of nitrogens with zero attached hydrogens (tertiary/aromatic N) is 2. The predicted molar refractivity (Wildman–Crippen MR) is 118 cm³/mol. The van der Waals surface area contributed by atoms with Crippen LogP contribution < -0.4 is 10.1 Å². The molecule has 7 heteroatoms. The van der Waals surface area contributed by atoms with E-state index in [0.29, 0.717) is 30.2 Å². The van der Waals surface area contributed by atoms with Crippen molar-refractivity contribution >= 4 is 34.5 Å². The van der Waals surface area contributed by atoms with Crippen LogP contribution in [-0.2, 0) is 20.9 Å². The number of esters is 1. The fourth-order valence-electron chi connectivity index (χ4n) is 3.20. The summed E-state index contributed by atoms with van der Waals surface area (Å²) in [5.74, 6) is -0.255. The van der Waals surface area contributed by atoms with Gasteiger partial charge >= 0.3 is 5.97 Å². The zero-order valence-corrected chi connectivity index (χ0v) is 17.4. The molecule has 0 aliphatic rings. The lowest BCUT2D eigenvalue weighted by Gasteiger charge is -2.07. The Bertz CT molecular complexity index is 1170. The molecule has 7 nitrogen and oxygen atoms in total. The molecule has 1 amide bonds. The van der Waals surface area contributed by atoms with Gasteiger partial charge in [0.15, 0.2) is 0 Å². The van der Waals surface area contributed by atoms with Crippen LogP contribution in [0.25, 0.3) is 17.0 Å². The maximum atomic E-state index is 12.7. The second-order valence-corrected chi connectivity index (χ2v) is 6.62. The molecule has 31 heavy (non-hydrogen) atoms. The van der Waals surface area contributed by atoms with Crippen molar-refractivity contribution in [1.82, 2.24) is 4.57 Å². The molecule has 0 bridgehead atoms. The average Bonchev–Trinajstić information content (AvgIpc) is 3.10. The molecule has 0 aliphatic heterocycles. The summed E-state index contributed by atoms with van der Waals surface area (Å²) in [6, 6.07) is 16.4. The SMILES string of the molecule is CCOC(=O)Cn1cc(/C=C(/C#N)C(=O)Nc2cccc(OCC)c2)c2ccccc21. The van der Waals surface area contributed by atoms with Crippen molar-refractivity contribution in [2.45, 2.75) is 20.4 Å². The number of para-hydroxylation sites is 1. The highest BCUT2D eigenvalue weighted by atomic mass is 16.5. The van der Waals surface area contributed by atoms with E-state index in [1.807, 2.05) is 37.3 Å². The standard InChI is InChI=1S/C24H23N3O4/c1-3-30-20-9-7-8-19(13-20)26-24(29)17(14-25)12-18-15-27(16-23(28)31-4-2)22-11-6-5-10-21(18)22/h5-13,15H,3-4,16H2,1-2H3,(H,26,29)/b17-12-. The molecule has 1 aromatic heterocycles. The van der Waals surface area contributed by atoms with Gasteiger partial charge in [-0.05, 0) is 38.1 Å². The highest BCUT2D eigenvalue weighted by molar-refractivity contribution is 6.10. The Labute approximate surface area is 180 Å². The third kappa shape index (κ3) is 5.31. The molecule has 0 saturated heterocycles. The van der Waals surface area contributed by atoms with Crippen molar-refractivity contribution in [3.8, 4) is 11.8 Å². The molecule has 158 valence electrons. The molecular weight excluding hydrogens is 394 g/mol. The fourth-order valence-corrected chi connectivity index (χ4v) is 3.20. The van der Waals surface area contributed by atoms with Gasteiger partial charge in [0.2, 0.25) is 0 Å². The van der Waals surface area contributed by atoms with E-state index < -0.39 is 5.91 Å². The predicted octanol–water partition coefficient (Wildman–Crippen LogP) is 4.15. The lowest BCUT2D eigenvalue weighted by molar-refractivity contribution is -0.143. The van der Waals surface area contributed by atoms with Crippen LogP contribution in [0.3, 0.4) is 0 Å². The van der Waals surface area contributed by atoms with Gasteiger partial charge in [-0.25, -0.2) is 0 Å². The van der Waals surface area contributed by atoms with Gasteiger partial charge < -0.3 is 19.4 Å². The number of carbonyl (C=O) groups is 2. The number of benzene rings is 2. The van der Waals surface area contributed by atoms with Gasteiger partial charge in [-0.3, -0.25) is 9.59 Å². The van der Waals surface area contributed by atoms with Crippen LogP contribution in [0.1, 0.15) is 19.4 Å². The number of fused-ring (bicyclic) bond motifs is 1. The molecule has 0 saturated carbocycles. The Morgan fingerprint density at radius 1 is 1.13 bits per heavy atom. The number of rotatable bonds is 8. The number of nitrogens with one attached hydrogen (secondary N) is 1. The number of amides is 1. The highest BCUT2D eigenvalue weighted by Crippen LogP contribution is 2.24. The largest absolute Gasteiger partial charge is 0.494 e. The van der Waals surface area contributed by atoms with E-state index in [1.165, 1.54) is 6.08 Å². The molecule has 0 unspecified atom stereocenters. The lowest BCUT2D eigenvalue weighted by atomic mass is 10.1. The normalized spacial score (nSPS) is 11.1. The molecule has 1 N–H and O–H groups in total. The lowest BCUT2D eigenvalue weighted by Crippen LogP contribution is -2.13. The minimum atomic E-state index is -0.529. The highest BCUT2D eigenvalue weighted by Gasteiger charge is 2.14. The Kier molecular flexibility index (Phi) is 7.07. The van der Waals surface area contributed by atoms with Crippen LogP contribution in [0.15, 0.2) is 60.3 Å². The second kappa shape index (κ2) is 10.1. The van der Waals surface area contributed by atoms with E-state index in [4.69, 9.17) is 9.47 Å². The number of hydrogen-bond acceptors (Lipinski definition) is 5. The van der Waals surface area contributed by atoms with E-state index in [0.717, 1.165) is 10.9 Å². The average molecular weight is 417 g/mol. The third-order valence-corrected chi connectivity index (χ3v) is 4.49. The van der Waals surface area contributed by atoms with Crippen LogP contribution in [-0.4, -0.2) is 29.7 Å². The van der Waals surface area contributed by atoms with Gasteiger partial charge in [0.25, 0.3) is 5.91 Å². The Balaban J connectivity index is 1.90. The number of ether oxygens (including phenoxy) is 2. The summed E-state index contributed by atoms with van der Waals surface area (Å²) in [7, 11) is 0. The van der Waals surface area contributed by atoms with Gasteiger partial charge in [0.1, 0.15) is 23.9 Å². The van der Waals surface area contributed by atoms with Crippen LogP contribution in [0, 0.1) is 11.3 Å². The van der Waals surface area contributed by atoms with E-state index in [-0.39, 0.29) is 18.1 Å². The summed E-state index contributed by atoms with van der Waals surface area (Å²) in [5, 5.41) is 13.1. The Hall–Kier alpha value is -4.05. The molecule has 1 heterocycles. The maximum absolute atomic E-state index is 12.7. The maximum Gasteiger partial charge on any atom is 0.325 e. The fraction of sp³-hybridized carbons (Fsp3) is 0.208.